The highest BCUT2D eigenvalue weighted by Crippen LogP contribution is 2.29. The first-order valence-corrected chi connectivity index (χ1v) is 7.03. The molecule has 1 heterocycles. The predicted octanol–water partition coefficient (Wildman–Crippen LogP) is 3.34. The monoisotopic (exact) mass is 298 g/mol. The minimum atomic E-state index is 0.235. The molecule has 1 aliphatic rings. The molecule has 0 bridgehead atoms. The smallest absolute Gasteiger partial charge is 0.0499 e. The lowest BCUT2D eigenvalue weighted by molar-refractivity contribution is 0.0591. The van der Waals surface area contributed by atoms with E-state index in [0.717, 1.165) is 36.9 Å². The van der Waals surface area contributed by atoms with Gasteiger partial charge in [0.25, 0.3) is 0 Å². The third kappa shape index (κ3) is 3.80. The van der Waals surface area contributed by atoms with Crippen LogP contribution in [0, 0.1) is 5.92 Å². The average Bonchev–Trinajstić information content (AvgIpc) is 2.38. The van der Waals surface area contributed by atoms with E-state index in [1.54, 1.807) is 0 Å². The molecular formula is C14H19BrO2. The van der Waals surface area contributed by atoms with E-state index in [-0.39, 0.29) is 12.5 Å². The van der Waals surface area contributed by atoms with Crippen molar-refractivity contribution in [2.24, 2.45) is 5.92 Å². The summed E-state index contributed by atoms with van der Waals surface area (Å²) in [5.41, 5.74) is 1.24. The lowest BCUT2D eigenvalue weighted by Gasteiger charge is -2.26. The maximum atomic E-state index is 9.54. The molecule has 1 fully saturated rings. The number of benzene rings is 1. The van der Waals surface area contributed by atoms with Gasteiger partial charge in [-0.2, -0.15) is 0 Å². The quantitative estimate of drug-likeness (QED) is 0.924. The van der Waals surface area contributed by atoms with E-state index in [2.05, 4.69) is 28.1 Å². The van der Waals surface area contributed by atoms with Crippen LogP contribution in [-0.4, -0.2) is 24.9 Å². The largest absolute Gasteiger partial charge is 0.396 e. The summed E-state index contributed by atoms with van der Waals surface area (Å²) in [5.74, 6) is 0.968. The van der Waals surface area contributed by atoms with Crippen molar-refractivity contribution in [1.29, 1.82) is 0 Å². The molecule has 1 aromatic rings. The van der Waals surface area contributed by atoms with Gasteiger partial charge in [-0.05, 0) is 42.9 Å². The molecule has 3 heteroatoms. The van der Waals surface area contributed by atoms with Crippen molar-refractivity contribution in [1.82, 2.24) is 0 Å². The molecule has 0 aliphatic carbocycles. The van der Waals surface area contributed by atoms with Crippen LogP contribution in [0.4, 0.5) is 0 Å². The van der Waals surface area contributed by atoms with Crippen molar-refractivity contribution < 1.29 is 9.84 Å². The molecule has 1 atom stereocenters. The van der Waals surface area contributed by atoms with E-state index in [0.29, 0.717) is 5.92 Å². The van der Waals surface area contributed by atoms with Crippen molar-refractivity contribution in [2.45, 2.75) is 25.2 Å². The third-order valence-electron chi connectivity index (χ3n) is 3.52. The Kier molecular flexibility index (Phi) is 5.01. The van der Waals surface area contributed by atoms with Crippen LogP contribution < -0.4 is 0 Å². The molecule has 0 saturated carbocycles. The average molecular weight is 299 g/mol. The minimum absolute atomic E-state index is 0.235. The lowest BCUT2D eigenvalue weighted by Crippen LogP contribution is -2.19. The molecule has 94 valence electrons. The van der Waals surface area contributed by atoms with Crippen LogP contribution in [0.1, 0.15) is 30.7 Å². The molecule has 1 unspecified atom stereocenters. The molecule has 1 N–H and O–H groups in total. The summed E-state index contributed by atoms with van der Waals surface area (Å²) in [6.45, 7) is 1.99. The summed E-state index contributed by atoms with van der Waals surface area (Å²) >= 11 is 3.44. The van der Waals surface area contributed by atoms with Gasteiger partial charge in [0, 0.05) is 30.2 Å². The van der Waals surface area contributed by atoms with Crippen molar-refractivity contribution in [3.05, 3.63) is 34.3 Å². The molecule has 1 aromatic carbocycles. The van der Waals surface area contributed by atoms with Crippen molar-refractivity contribution in [2.75, 3.05) is 19.8 Å². The Morgan fingerprint density at radius 2 is 1.88 bits per heavy atom. The summed E-state index contributed by atoms with van der Waals surface area (Å²) in [4.78, 5) is 0. The van der Waals surface area contributed by atoms with Crippen LogP contribution in [-0.2, 0) is 4.74 Å². The summed E-state index contributed by atoms with van der Waals surface area (Å²) < 4.78 is 6.45. The van der Waals surface area contributed by atoms with Gasteiger partial charge in [-0.25, -0.2) is 0 Å². The minimum Gasteiger partial charge on any atom is -0.396 e. The highest BCUT2D eigenvalue weighted by molar-refractivity contribution is 9.10. The fourth-order valence-electron chi connectivity index (χ4n) is 2.44. The second-order valence-electron chi connectivity index (χ2n) is 4.72. The molecule has 0 spiro atoms. The molecule has 1 saturated heterocycles. The second kappa shape index (κ2) is 6.53. The number of aliphatic hydroxyl groups is 1. The Bertz CT molecular complexity index is 331. The molecule has 0 aromatic heterocycles. The Labute approximate surface area is 111 Å². The number of hydrogen-bond donors (Lipinski definition) is 1. The Morgan fingerprint density at radius 3 is 2.47 bits per heavy atom. The summed E-state index contributed by atoms with van der Waals surface area (Å²) in [5, 5.41) is 9.54. The van der Waals surface area contributed by atoms with Gasteiger partial charge in [0.05, 0.1) is 0 Å². The van der Waals surface area contributed by atoms with Crippen LogP contribution in [0.25, 0.3) is 0 Å². The van der Waals surface area contributed by atoms with Gasteiger partial charge in [0.2, 0.25) is 0 Å². The van der Waals surface area contributed by atoms with E-state index in [1.807, 2.05) is 12.1 Å². The number of rotatable bonds is 4. The normalized spacial score (nSPS) is 19.2. The zero-order chi connectivity index (χ0) is 12.1. The van der Waals surface area contributed by atoms with Gasteiger partial charge in [0.1, 0.15) is 0 Å². The van der Waals surface area contributed by atoms with E-state index in [9.17, 15) is 5.11 Å². The highest BCUT2D eigenvalue weighted by atomic mass is 79.9. The van der Waals surface area contributed by atoms with Crippen LogP contribution >= 0.6 is 15.9 Å². The van der Waals surface area contributed by atoms with Gasteiger partial charge in [-0.1, -0.05) is 28.1 Å². The second-order valence-corrected chi connectivity index (χ2v) is 5.64. The third-order valence-corrected chi connectivity index (χ3v) is 4.05. The summed E-state index contributed by atoms with van der Waals surface area (Å²) in [6.07, 6.45) is 3.33. The standard InChI is InChI=1S/C14H19BrO2/c15-14-3-1-12(2-4-14)13(10-16)9-11-5-7-17-8-6-11/h1-4,11,13,16H,5-10H2. The van der Waals surface area contributed by atoms with Crippen LogP contribution in [0.15, 0.2) is 28.7 Å². The number of halogens is 1. The zero-order valence-electron chi connectivity index (χ0n) is 9.94. The Morgan fingerprint density at radius 1 is 1.24 bits per heavy atom. The van der Waals surface area contributed by atoms with Gasteiger partial charge < -0.3 is 9.84 Å². The lowest BCUT2D eigenvalue weighted by atomic mass is 9.85. The van der Waals surface area contributed by atoms with E-state index >= 15 is 0 Å². The van der Waals surface area contributed by atoms with Gasteiger partial charge in [-0.15, -0.1) is 0 Å². The highest BCUT2D eigenvalue weighted by Gasteiger charge is 2.19. The van der Waals surface area contributed by atoms with Gasteiger partial charge >= 0.3 is 0 Å². The van der Waals surface area contributed by atoms with E-state index < -0.39 is 0 Å². The van der Waals surface area contributed by atoms with Crippen LogP contribution in [0.3, 0.4) is 0 Å². The number of hydrogen-bond acceptors (Lipinski definition) is 2. The Balaban J connectivity index is 1.97. The molecule has 2 nitrogen and oxygen atoms in total. The summed E-state index contributed by atoms with van der Waals surface area (Å²) in [6, 6.07) is 8.29. The topological polar surface area (TPSA) is 29.5 Å². The van der Waals surface area contributed by atoms with Crippen LogP contribution in [0.5, 0.6) is 0 Å². The molecule has 0 amide bonds. The van der Waals surface area contributed by atoms with Crippen molar-refractivity contribution >= 4 is 15.9 Å². The predicted molar refractivity (Wildman–Crippen MR) is 72.1 cm³/mol. The van der Waals surface area contributed by atoms with Crippen LogP contribution in [0.2, 0.25) is 0 Å². The van der Waals surface area contributed by atoms with E-state index in [4.69, 9.17) is 4.74 Å². The fourth-order valence-corrected chi connectivity index (χ4v) is 2.70. The van der Waals surface area contributed by atoms with Gasteiger partial charge in [-0.3, -0.25) is 0 Å². The van der Waals surface area contributed by atoms with Crippen molar-refractivity contribution in [3.8, 4) is 0 Å². The summed E-state index contributed by atoms with van der Waals surface area (Å²) in [7, 11) is 0. The first-order valence-electron chi connectivity index (χ1n) is 6.23. The number of ether oxygens (including phenoxy) is 1. The maximum absolute atomic E-state index is 9.54. The molecule has 0 radical (unpaired) electrons. The molecule has 1 aliphatic heterocycles. The number of aliphatic hydroxyl groups excluding tert-OH is 1. The maximum Gasteiger partial charge on any atom is 0.0499 e. The van der Waals surface area contributed by atoms with Crippen molar-refractivity contribution in [3.63, 3.8) is 0 Å². The molecule has 17 heavy (non-hydrogen) atoms. The first-order chi connectivity index (χ1) is 8.29. The van der Waals surface area contributed by atoms with E-state index in [1.165, 1.54) is 5.56 Å². The molecular weight excluding hydrogens is 280 g/mol. The van der Waals surface area contributed by atoms with Gasteiger partial charge in [0.15, 0.2) is 0 Å². The fraction of sp³-hybridized carbons (Fsp3) is 0.571. The SMILES string of the molecule is OCC(CC1CCOCC1)c1ccc(Br)cc1. The first kappa shape index (κ1) is 13.1. The molecule has 2 rings (SSSR count). The zero-order valence-corrected chi connectivity index (χ0v) is 11.5. The Hall–Kier alpha value is -0.380.